The fraction of sp³-hybridized carbons (Fsp3) is 1.00. The molecule has 1 heteroatoms. The van der Waals surface area contributed by atoms with Gasteiger partial charge >= 0.3 is 0 Å². The maximum atomic E-state index is 13.4. The molecule has 0 aromatic carbocycles. The minimum absolute atomic E-state index is 0.110. The number of aliphatic hydroxyl groups is 1. The predicted molar refractivity (Wildman–Crippen MR) is 207 cm³/mol. The third-order valence-corrected chi connectivity index (χ3v) is 11.6. The Balaban J connectivity index is 6.40. The molecule has 272 valence electrons. The third-order valence-electron chi connectivity index (χ3n) is 11.6. The monoisotopic (exact) mass is 635 g/mol. The molecule has 0 fully saturated rings. The summed E-state index contributed by atoms with van der Waals surface area (Å²) in [6, 6.07) is 0. The summed E-state index contributed by atoms with van der Waals surface area (Å²) in [6.45, 7) is 14.1. The lowest BCUT2D eigenvalue weighted by Crippen LogP contribution is -2.53. The maximum Gasteiger partial charge on any atom is 0.0706 e. The first-order chi connectivity index (χ1) is 22.0. The Labute approximate surface area is 287 Å². The van der Waals surface area contributed by atoms with Gasteiger partial charge in [-0.1, -0.05) is 228 Å². The topological polar surface area (TPSA) is 20.2 Å². The van der Waals surface area contributed by atoms with Crippen molar-refractivity contribution in [3.8, 4) is 0 Å². The Hall–Kier alpha value is -0.0400. The quantitative estimate of drug-likeness (QED) is 0.0674. The Morgan fingerprint density at radius 1 is 0.311 bits per heavy atom. The van der Waals surface area contributed by atoms with Gasteiger partial charge in [0.25, 0.3) is 0 Å². The predicted octanol–water partition coefficient (Wildman–Crippen LogP) is 16.1. The molecule has 1 nitrogen and oxygen atoms in total. The largest absolute Gasteiger partial charge is 0.389 e. The van der Waals surface area contributed by atoms with Crippen LogP contribution in [0.25, 0.3) is 0 Å². The second-order valence-corrected chi connectivity index (χ2v) is 15.6. The SMILES string of the molecule is CCCCCCCCCCC(O)(CCCCCC)C(CCCCCC)(CCCCCC)C(CCCCCC)CCCCCCC. The molecule has 0 bridgehead atoms. The standard InChI is InChI=1S/C44H90O/c1-7-13-19-25-26-27-29-35-41-44(45,40-34-24-18-12-6)43(38-32-22-16-10-4,39-33-23-17-11-5)42(36-30-21-15-9-3)37-31-28-20-14-8-2/h42,45H,7-41H2,1-6H3. The Kier molecular flexibility index (Phi) is 32.5. The summed E-state index contributed by atoms with van der Waals surface area (Å²) < 4.78 is 0. The Bertz CT molecular complexity index is 557. The zero-order valence-electron chi connectivity index (χ0n) is 32.8. The van der Waals surface area contributed by atoms with Crippen molar-refractivity contribution in [3.63, 3.8) is 0 Å². The van der Waals surface area contributed by atoms with E-state index in [-0.39, 0.29) is 5.41 Å². The molecule has 2 atom stereocenters. The molecule has 0 saturated heterocycles. The molecule has 0 rings (SSSR count). The van der Waals surface area contributed by atoms with Crippen LogP contribution in [0.3, 0.4) is 0 Å². The van der Waals surface area contributed by atoms with E-state index in [9.17, 15) is 5.11 Å². The average Bonchev–Trinajstić information content (AvgIpc) is 3.04. The second-order valence-electron chi connectivity index (χ2n) is 15.6. The summed E-state index contributed by atoms with van der Waals surface area (Å²) in [6.07, 6.45) is 46.5. The summed E-state index contributed by atoms with van der Waals surface area (Å²) in [5.74, 6) is 0.699. The van der Waals surface area contributed by atoms with Crippen molar-refractivity contribution in [3.05, 3.63) is 0 Å². The van der Waals surface area contributed by atoms with E-state index in [4.69, 9.17) is 0 Å². The van der Waals surface area contributed by atoms with Gasteiger partial charge in [0.05, 0.1) is 5.60 Å². The average molecular weight is 635 g/mol. The number of hydrogen-bond acceptors (Lipinski definition) is 1. The van der Waals surface area contributed by atoms with Gasteiger partial charge in [0.15, 0.2) is 0 Å². The molecule has 2 unspecified atom stereocenters. The molecule has 0 heterocycles. The summed E-state index contributed by atoms with van der Waals surface area (Å²) in [7, 11) is 0. The first-order valence-corrected chi connectivity index (χ1v) is 21.7. The molecule has 0 spiro atoms. The number of unbranched alkanes of at least 4 members (excludes halogenated alkanes) is 23. The Morgan fingerprint density at radius 2 is 0.556 bits per heavy atom. The normalized spacial score (nSPS) is 14.2. The minimum Gasteiger partial charge on any atom is -0.389 e. The van der Waals surface area contributed by atoms with Crippen molar-refractivity contribution in [1.82, 2.24) is 0 Å². The molecule has 0 aromatic rings. The first kappa shape index (κ1) is 45.0. The summed E-state index contributed by atoms with van der Waals surface area (Å²) >= 11 is 0. The molecule has 0 amide bonds. The molecule has 45 heavy (non-hydrogen) atoms. The van der Waals surface area contributed by atoms with Gasteiger partial charge in [0, 0.05) is 5.41 Å². The van der Waals surface area contributed by atoms with Crippen LogP contribution in [-0.4, -0.2) is 10.7 Å². The van der Waals surface area contributed by atoms with E-state index in [0.717, 1.165) is 12.8 Å². The molecule has 0 radical (unpaired) electrons. The van der Waals surface area contributed by atoms with Crippen molar-refractivity contribution in [2.75, 3.05) is 0 Å². The first-order valence-electron chi connectivity index (χ1n) is 21.7. The van der Waals surface area contributed by atoms with Gasteiger partial charge in [-0.25, -0.2) is 0 Å². The van der Waals surface area contributed by atoms with E-state index in [1.807, 2.05) is 0 Å². The van der Waals surface area contributed by atoms with Gasteiger partial charge in [-0.2, -0.15) is 0 Å². The smallest absolute Gasteiger partial charge is 0.0706 e. The molecular weight excluding hydrogens is 544 g/mol. The van der Waals surface area contributed by atoms with Crippen LogP contribution in [0, 0.1) is 11.3 Å². The van der Waals surface area contributed by atoms with Crippen LogP contribution in [0.2, 0.25) is 0 Å². The lowest BCUT2D eigenvalue weighted by atomic mass is 9.54. The van der Waals surface area contributed by atoms with E-state index < -0.39 is 5.60 Å². The minimum atomic E-state index is -0.486. The summed E-state index contributed by atoms with van der Waals surface area (Å²) in [5.41, 5.74) is -0.376. The highest BCUT2D eigenvalue weighted by Crippen LogP contribution is 2.55. The van der Waals surface area contributed by atoms with Crippen LogP contribution in [0.15, 0.2) is 0 Å². The second kappa shape index (κ2) is 32.5. The van der Waals surface area contributed by atoms with E-state index in [2.05, 4.69) is 41.5 Å². The van der Waals surface area contributed by atoms with E-state index >= 15 is 0 Å². The van der Waals surface area contributed by atoms with E-state index in [1.54, 1.807) is 0 Å². The van der Waals surface area contributed by atoms with Crippen LogP contribution in [-0.2, 0) is 0 Å². The van der Waals surface area contributed by atoms with Gasteiger partial charge in [0.1, 0.15) is 0 Å². The van der Waals surface area contributed by atoms with Crippen LogP contribution < -0.4 is 0 Å². The van der Waals surface area contributed by atoms with Crippen molar-refractivity contribution in [2.24, 2.45) is 11.3 Å². The Morgan fingerprint density at radius 3 is 0.911 bits per heavy atom. The van der Waals surface area contributed by atoms with Gasteiger partial charge < -0.3 is 5.11 Å². The molecule has 1 N–H and O–H groups in total. The van der Waals surface area contributed by atoms with Crippen molar-refractivity contribution in [1.29, 1.82) is 0 Å². The molecule has 0 aliphatic heterocycles. The lowest BCUT2D eigenvalue weighted by molar-refractivity contribution is -0.145. The molecular formula is C44H90O. The zero-order chi connectivity index (χ0) is 33.3. The van der Waals surface area contributed by atoms with Crippen LogP contribution >= 0.6 is 0 Å². The number of hydrogen-bond donors (Lipinski definition) is 1. The summed E-state index contributed by atoms with van der Waals surface area (Å²) in [5, 5.41) is 13.4. The molecule has 0 aromatic heterocycles. The van der Waals surface area contributed by atoms with Gasteiger partial charge in [0.2, 0.25) is 0 Å². The zero-order valence-corrected chi connectivity index (χ0v) is 32.8. The fourth-order valence-electron chi connectivity index (χ4n) is 8.64. The molecule has 0 aliphatic carbocycles. The van der Waals surface area contributed by atoms with Gasteiger partial charge in [-0.15, -0.1) is 0 Å². The van der Waals surface area contributed by atoms with Crippen LogP contribution in [0.5, 0.6) is 0 Å². The fourth-order valence-corrected chi connectivity index (χ4v) is 8.64. The number of rotatable bonds is 37. The van der Waals surface area contributed by atoms with Gasteiger partial charge in [-0.05, 0) is 44.4 Å². The lowest BCUT2D eigenvalue weighted by Gasteiger charge is -2.54. The van der Waals surface area contributed by atoms with Crippen LogP contribution in [0.1, 0.15) is 266 Å². The van der Waals surface area contributed by atoms with E-state index in [0.29, 0.717) is 5.92 Å². The molecule has 0 saturated carbocycles. The van der Waals surface area contributed by atoms with Gasteiger partial charge in [-0.3, -0.25) is 0 Å². The van der Waals surface area contributed by atoms with Crippen molar-refractivity contribution < 1.29 is 5.11 Å². The highest BCUT2D eigenvalue weighted by molar-refractivity contribution is 5.02. The highest BCUT2D eigenvalue weighted by atomic mass is 16.3. The van der Waals surface area contributed by atoms with Crippen molar-refractivity contribution in [2.45, 2.75) is 272 Å². The summed E-state index contributed by atoms with van der Waals surface area (Å²) in [4.78, 5) is 0. The van der Waals surface area contributed by atoms with E-state index in [1.165, 1.54) is 212 Å². The third kappa shape index (κ3) is 21.5. The van der Waals surface area contributed by atoms with Crippen molar-refractivity contribution >= 4 is 0 Å². The molecule has 0 aliphatic rings. The van der Waals surface area contributed by atoms with Crippen LogP contribution in [0.4, 0.5) is 0 Å². The maximum absolute atomic E-state index is 13.4. The highest BCUT2D eigenvalue weighted by Gasteiger charge is 2.52.